The average molecular weight is 369 g/mol. The summed E-state index contributed by atoms with van der Waals surface area (Å²) in [5.74, 6) is 2.01. The Morgan fingerprint density at radius 3 is 2.41 bits per heavy atom. The third kappa shape index (κ3) is 6.95. The Hall–Kier alpha value is -0.150. The van der Waals surface area contributed by atoms with Gasteiger partial charge < -0.3 is 4.74 Å². The Balaban J connectivity index is 0.00000441. The van der Waals surface area contributed by atoms with Crippen LogP contribution in [0, 0.1) is 6.92 Å². The first-order valence-electron chi connectivity index (χ1n) is 7.70. The molecule has 5 heteroatoms. The molecule has 0 aliphatic carbocycles. The van der Waals surface area contributed by atoms with Gasteiger partial charge in [0.05, 0.1) is 0 Å². The summed E-state index contributed by atoms with van der Waals surface area (Å²) in [6.07, 6.45) is 1.13. The molecule has 0 heterocycles. The van der Waals surface area contributed by atoms with Crippen molar-refractivity contribution in [3.8, 4) is 5.75 Å². The molecule has 0 aliphatic rings. The van der Waals surface area contributed by atoms with Gasteiger partial charge in [0.25, 0.3) is 0 Å². The Kier molecular flexibility index (Phi) is 11.3. The molecule has 0 radical (unpaired) electrons. The van der Waals surface area contributed by atoms with Crippen LogP contribution in [0.1, 0.15) is 44.2 Å². The second-order valence-electron chi connectivity index (χ2n) is 5.67. The van der Waals surface area contributed by atoms with Gasteiger partial charge in [0.15, 0.2) is 0 Å². The van der Waals surface area contributed by atoms with Gasteiger partial charge in [-0.25, -0.2) is 0 Å². The molecule has 1 rings (SSSR count). The molecule has 2 nitrogen and oxygen atoms in total. The number of hydrogen-bond donors (Lipinski definition) is 0. The Labute approximate surface area is 151 Å². The number of nitrogens with zero attached hydrogens (tertiary/aromatic N) is 1. The third-order valence-corrected chi connectivity index (χ3v) is 4.09. The molecule has 0 aliphatic heterocycles. The van der Waals surface area contributed by atoms with Crippen molar-refractivity contribution >= 4 is 35.6 Å². The second kappa shape index (κ2) is 11.4. The molecule has 0 saturated carbocycles. The Morgan fingerprint density at radius 2 is 1.86 bits per heavy atom. The highest BCUT2D eigenvalue weighted by Gasteiger charge is 2.11. The van der Waals surface area contributed by atoms with Crippen molar-refractivity contribution in [1.82, 2.24) is 4.90 Å². The molecule has 0 unspecified atom stereocenters. The van der Waals surface area contributed by atoms with Crippen molar-refractivity contribution in [1.29, 1.82) is 0 Å². The largest absolute Gasteiger partial charge is 0.492 e. The van der Waals surface area contributed by atoms with Gasteiger partial charge >= 0.3 is 0 Å². The monoisotopic (exact) mass is 367 g/mol. The van der Waals surface area contributed by atoms with Crippen molar-refractivity contribution in [3.05, 3.63) is 28.3 Å². The summed E-state index contributed by atoms with van der Waals surface area (Å²) >= 11 is 12.1. The predicted octanol–water partition coefficient (Wildman–Crippen LogP) is 5.52. The molecule has 0 N–H and O–H groups in total. The lowest BCUT2D eigenvalue weighted by atomic mass is 10.0. The number of alkyl halides is 1. The van der Waals surface area contributed by atoms with Crippen LogP contribution in [-0.4, -0.2) is 37.0 Å². The predicted molar refractivity (Wildman–Crippen MR) is 100 cm³/mol. The van der Waals surface area contributed by atoms with Crippen LogP contribution in [-0.2, 0) is 0 Å². The Morgan fingerprint density at radius 1 is 1.18 bits per heavy atom. The highest BCUT2D eigenvalue weighted by Crippen LogP contribution is 2.31. The van der Waals surface area contributed by atoms with Gasteiger partial charge in [-0.2, -0.15) is 0 Å². The lowest BCUT2D eigenvalue weighted by Gasteiger charge is -2.22. The minimum Gasteiger partial charge on any atom is -0.492 e. The van der Waals surface area contributed by atoms with Gasteiger partial charge in [-0.3, -0.25) is 4.90 Å². The molecule has 1 aromatic rings. The van der Waals surface area contributed by atoms with Gasteiger partial charge in [0, 0.05) is 24.0 Å². The SMILES string of the molecule is CCCN(CCCl)CCOc1cc(C)c(Cl)cc1C(C)C.Cl. The number of halogens is 3. The molecule has 22 heavy (non-hydrogen) atoms. The van der Waals surface area contributed by atoms with Crippen LogP contribution in [0.15, 0.2) is 12.1 Å². The fourth-order valence-corrected chi connectivity index (χ4v) is 2.71. The normalized spacial score (nSPS) is 10.9. The summed E-state index contributed by atoms with van der Waals surface area (Å²) in [6, 6.07) is 4.07. The van der Waals surface area contributed by atoms with Gasteiger partial charge in [-0.05, 0) is 49.1 Å². The third-order valence-electron chi connectivity index (χ3n) is 3.52. The van der Waals surface area contributed by atoms with E-state index in [1.807, 2.05) is 19.1 Å². The van der Waals surface area contributed by atoms with Gasteiger partial charge in [-0.1, -0.05) is 32.4 Å². The van der Waals surface area contributed by atoms with Crippen molar-refractivity contribution < 1.29 is 4.74 Å². The minimum atomic E-state index is 0. The number of rotatable bonds is 9. The molecule has 0 amide bonds. The highest BCUT2D eigenvalue weighted by atomic mass is 35.5. The van der Waals surface area contributed by atoms with Gasteiger partial charge in [0.2, 0.25) is 0 Å². The second-order valence-corrected chi connectivity index (χ2v) is 6.46. The molecule has 128 valence electrons. The molecular weight excluding hydrogens is 341 g/mol. The lowest BCUT2D eigenvalue weighted by molar-refractivity contribution is 0.215. The molecular formula is C17H28Cl3NO. The van der Waals surface area contributed by atoms with Crippen LogP contribution < -0.4 is 4.74 Å². The van der Waals surface area contributed by atoms with Crippen molar-refractivity contribution in [2.75, 3.05) is 32.1 Å². The summed E-state index contributed by atoms with van der Waals surface area (Å²) in [5.41, 5.74) is 2.23. The van der Waals surface area contributed by atoms with E-state index in [-0.39, 0.29) is 12.4 Å². The zero-order chi connectivity index (χ0) is 15.8. The standard InChI is InChI=1S/C17H27Cl2NO.ClH/c1-5-7-20(8-6-18)9-10-21-17-11-14(4)16(19)12-15(17)13(2)3;/h11-13H,5-10H2,1-4H3;1H. The van der Waals surface area contributed by atoms with Crippen LogP contribution in [0.2, 0.25) is 5.02 Å². The lowest BCUT2D eigenvalue weighted by Crippen LogP contribution is -2.31. The van der Waals surface area contributed by atoms with E-state index in [0.29, 0.717) is 18.4 Å². The van der Waals surface area contributed by atoms with E-state index >= 15 is 0 Å². The summed E-state index contributed by atoms with van der Waals surface area (Å²) in [6.45, 7) is 12.1. The van der Waals surface area contributed by atoms with E-state index in [9.17, 15) is 0 Å². The summed E-state index contributed by atoms with van der Waals surface area (Å²) < 4.78 is 6.01. The maximum atomic E-state index is 6.22. The van der Waals surface area contributed by atoms with E-state index in [1.54, 1.807) is 0 Å². The van der Waals surface area contributed by atoms with E-state index < -0.39 is 0 Å². The molecule has 1 aromatic carbocycles. The molecule has 0 aromatic heterocycles. The average Bonchev–Trinajstić information content (AvgIpc) is 2.42. The Bertz CT molecular complexity index is 432. The maximum Gasteiger partial charge on any atom is 0.123 e. The summed E-state index contributed by atoms with van der Waals surface area (Å²) in [7, 11) is 0. The summed E-state index contributed by atoms with van der Waals surface area (Å²) in [4.78, 5) is 2.34. The smallest absolute Gasteiger partial charge is 0.123 e. The maximum absolute atomic E-state index is 6.22. The van der Waals surface area contributed by atoms with E-state index in [0.717, 1.165) is 42.4 Å². The van der Waals surface area contributed by atoms with Crippen LogP contribution in [0.3, 0.4) is 0 Å². The molecule has 0 fully saturated rings. The first-order chi connectivity index (χ1) is 9.99. The van der Waals surface area contributed by atoms with E-state index in [1.165, 1.54) is 5.56 Å². The van der Waals surface area contributed by atoms with Crippen molar-refractivity contribution in [3.63, 3.8) is 0 Å². The fraction of sp³-hybridized carbons (Fsp3) is 0.647. The quantitative estimate of drug-likeness (QED) is 0.532. The zero-order valence-electron chi connectivity index (χ0n) is 14.0. The molecule has 0 spiro atoms. The first kappa shape index (κ1) is 21.9. The molecule has 0 bridgehead atoms. The fourth-order valence-electron chi connectivity index (χ4n) is 2.30. The van der Waals surface area contributed by atoms with Crippen LogP contribution in [0.25, 0.3) is 0 Å². The summed E-state index contributed by atoms with van der Waals surface area (Å²) in [5, 5.41) is 0.806. The molecule has 0 atom stereocenters. The number of hydrogen-bond acceptors (Lipinski definition) is 2. The van der Waals surface area contributed by atoms with Gasteiger partial charge in [-0.15, -0.1) is 24.0 Å². The number of ether oxygens (including phenoxy) is 1. The van der Waals surface area contributed by atoms with Crippen molar-refractivity contribution in [2.24, 2.45) is 0 Å². The highest BCUT2D eigenvalue weighted by molar-refractivity contribution is 6.31. The van der Waals surface area contributed by atoms with Gasteiger partial charge in [0.1, 0.15) is 12.4 Å². The van der Waals surface area contributed by atoms with Crippen molar-refractivity contribution in [2.45, 2.75) is 40.0 Å². The van der Waals surface area contributed by atoms with Crippen LogP contribution >= 0.6 is 35.6 Å². The van der Waals surface area contributed by atoms with E-state index in [2.05, 4.69) is 25.7 Å². The van der Waals surface area contributed by atoms with Crippen LogP contribution in [0.4, 0.5) is 0 Å². The topological polar surface area (TPSA) is 12.5 Å². The van der Waals surface area contributed by atoms with E-state index in [4.69, 9.17) is 27.9 Å². The minimum absolute atomic E-state index is 0. The van der Waals surface area contributed by atoms with Crippen LogP contribution in [0.5, 0.6) is 5.75 Å². The number of aryl methyl sites for hydroxylation is 1. The number of benzene rings is 1. The zero-order valence-corrected chi connectivity index (χ0v) is 16.3. The molecule has 0 saturated heterocycles. The first-order valence-corrected chi connectivity index (χ1v) is 8.62.